The SMILES string of the molecule is CCCN1CCN(Cc2ccccn2)CC(Cc2ccccc2-c2ccncc2)C1=O. The van der Waals surface area contributed by atoms with Gasteiger partial charge in [0.2, 0.25) is 5.91 Å². The first kappa shape index (κ1) is 21.2. The predicted octanol–water partition coefficient (Wildman–Crippen LogP) is 4.06. The average molecular weight is 415 g/mol. The average Bonchev–Trinajstić information content (AvgIpc) is 2.95. The zero-order chi connectivity index (χ0) is 21.5. The number of aromatic nitrogens is 2. The molecule has 0 N–H and O–H groups in total. The lowest BCUT2D eigenvalue weighted by atomic mass is 9.91. The van der Waals surface area contributed by atoms with E-state index in [0.717, 1.165) is 56.8 Å². The first-order valence-corrected chi connectivity index (χ1v) is 11.1. The Bertz CT molecular complexity index is 977. The molecule has 0 aliphatic carbocycles. The van der Waals surface area contributed by atoms with Crippen molar-refractivity contribution in [2.45, 2.75) is 26.3 Å². The van der Waals surface area contributed by atoms with Gasteiger partial charge in [-0.2, -0.15) is 0 Å². The molecule has 4 rings (SSSR count). The highest BCUT2D eigenvalue weighted by Crippen LogP contribution is 2.27. The van der Waals surface area contributed by atoms with E-state index in [1.54, 1.807) is 0 Å². The van der Waals surface area contributed by atoms with Crippen LogP contribution in [0, 0.1) is 5.92 Å². The second kappa shape index (κ2) is 10.3. The Morgan fingerprint density at radius 1 is 0.968 bits per heavy atom. The number of amides is 1. The lowest BCUT2D eigenvalue weighted by Crippen LogP contribution is -2.37. The minimum absolute atomic E-state index is 0.0688. The van der Waals surface area contributed by atoms with E-state index in [0.29, 0.717) is 0 Å². The van der Waals surface area contributed by atoms with Crippen molar-refractivity contribution < 1.29 is 4.79 Å². The van der Waals surface area contributed by atoms with Crippen LogP contribution in [0.4, 0.5) is 0 Å². The van der Waals surface area contributed by atoms with Gasteiger partial charge < -0.3 is 4.90 Å². The molecular formula is C26H30N4O. The molecular weight excluding hydrogens is 384 g/mol. The summed E-state index contributed by atoms with van der Waals surface area (Å²) in [6.45, 7) is 6.14. The number of carbonyl (C=O) groups is 1. The van der Waals surface area contributed by atoms with Gasteiger partial charge in [-0.25, -0.2) is 0 Å². The van der Waals surface area contributed by atoms with Crippen molar-refractivity contribution in [1.82, 2.24) is 19.8 Å². The molecule has 1 amide bonds. The summed E-state index contributed by atoms with van der Waals surface area (Å²) in [5, 5.41) is 0. The van der Waals surface area contributed by atoms with Gasteiger partial charge in [0.25, 0.3) is 0 Å². The molecule has 3 heterocycles. The summed E-state index contributed by atoms with van der Waals surface area (Å²) in [5.41, 5.74) is 4.58. The largest absolute Gasteiger partial charge is 0.341 e. The fraction of sp³-hybridized carbons (Fsp3) is 0.346. The smallest absolute Gasteiger partial charge is 0.227 e. The van der Waals surface area contributed by atoms with E-state index >= 15 is 0 Å². The zero-order valence-electron chi connectivity index (χ0n) is 18.2. The van der Waals surface area contributed by atoms with E-state index < -0.39 is 0 Å². The standard InChI is InChI=1S/C26H30N4O/c1-2-15-30-17-16-29(20-24-8-5-6-12-28-24)19-23(26(30)31)18-22-7-3-4-9-25(22)21-10-13-27-14-11-21/h3-14,23H,2,15-20H2,1H3. The van der Waals surface area contributed by atoms with Crippen LogP contribution in [0.3, 0.4) is 0 Å². The molecule has 1 saturated heterocycles. The van der Waals surface area contributed by atoms with Crippen molar-refractivity contribution in [3.8, 4) is 11.1 Å². The Hall–Kier alpha value is -3.05. The Labute approximate surface area is 184 Å². The van der Waals surface area contributed by atoms with Crippen LogP contribution in [-0.4, -0.2) is 51.9 Å². The maximum absolute atomic E-state index is 13.5. The van der Waals surface area contributed by atoms with E-state index in [1.807, 2.05) is 42.9 Å². The third kappa shape index (κ3) is 5.36. The number of benzene rings is 1. The van der Waals surface area contributed by atoms with Crippen LogP contribution < -0.4 is 0 Å². The second-order valence-corrected chi connectivity index (χ2v) is 8.18. The highest BCUT2D eigenvalue weighted by molar-refractivity contribution is 5.80. The molecule has 1 aliphatic heterocycles. The fourth-order valence-corrected chi connectivity index (χ4v) is 4.40. The molecule has 1 unspecified atom stereocenters. The zero-order valence-corrected chi connectivity index (χ0v) is 18.2. The van der Waals surface area contributed by atoms with Crippen molar-refractivity contribution in [1.29, 1.82) is 0 Å². The van der Waals surface area contributed by atoms with Gasteiger partial charge in [-0.1, -0.05) is 37.3 Å². The van der Waals surface area contributed by atoms with Gasteiger partial charge in [-0.15, -0.1) is 0 Å². The van der Waals surface area contributed by atoms with Crippen molar-refractivity contribution >= 4 is 5.91 Å². The molecule has 1 aromatic carbocycles. The molecule has 0 spiro atoms. The van der Waals surface area contributed by atoms with E-state index in [-0.39, 0.29) is 11.8 Å². The molecule has 5 nitrogen and oxygen atoms in total. The third-order valence-corrected chi connectivity index (χ3v) is 5.91. The number of hydrogen-bond acceptors (Lipinski definition) is 4. The molecule has 31 heavy (non-hydrogen) atoms. The topological polar surface area (TPSA) is 49.3 Å². The maximum Gasteiger partial charge on any atom is 0.227 e. The molecule has 0 radical (unpaired) electrons. The number of carbonyl (C=O) groups excluding carboxylic acids is 1. The van der Waals surface area contributed by atoms with Gasteiger partial charge in [0.15, 0.2) is 0 Å². The minimum Gasteiger partial charge on any atom is -0.341 e. The molecule has 0 saturated carbocycles. The fourth-order valence-electron chi connectivity index (χ4n) is 4.40. The van der Waals surface area contributed by atoms with Gasteiger partial charge in [0.05, 0.1) is 11.6 Å². The highest BCUT2D eigenvalue weighted by Gasteiger charge is 2.30. The minimum atomic E-state index is -0.0688. The molecule has 2 aromatic heterocycles. The normalized spacial score (nSPS) is 17.5. The van der Waals surface area contributed by atoms with E-state index in [4.69, 9.17) is 0 Å². The van der Waals surface area contributed by atoms with Crippen LogP contribution in [0.2, 0.25) is 0 Å². The predicted molar refractivity (Wildman–Crippen MR) is 123 cm³/mol. The summed E-state index contributed by atoms with van der Waals surface area (Å²) in [6.07, 6.45) is 7.19. The van der Waals surface area contributed by atoms with Crippen molar-refractivity contribution in [3.05, 3.63) is 84.4 Å². The van der Waals surface area contributed by atoms with Crippen molar-refractivity contribution in [2.75, 3.05) is 26.2 Å². The van der Waals surface area contributed by atoms with E-state index in [1.165, 1.54) is 11.1 Å². The lowest BCUT2D eigenvalue weighted by molar-refractivity contribution is -0.134. The van der Waals surface area contributed by atoms with E-state index in [2.05, 4.69) is 57.0 Å². The summed E-state index contributed by atoms with van der Waals surface area (Å²) < 4.78 is 0. The van der Waals surface area contributed by atoms with E-state index in [9.17, 15) is 4.79 Å². The Balaban J connectivity index is 1.59. The molecule has 0 bridgehead atoms. The Morgan fingerprint density at radius 3 is 2.55 bits per heavy atom. The van der Waals surface area contributed by atoms with Crippen LogP contribution in [0.15, 0.2) is 73.2 Å². The lowest BCUT2D eigenvalue weighted by Gasteiger charge is -2.24. The number of hydrogen-bond donors (Lipinski definition) is 0. The number of rotatable bonds is 7. The van der Waals surface area contributed by atoms with Crippen LogP contribution in [0.1, 0.15) is 24.6 Å². The monoisotopic (exact) mass is 414 g/mol. The van der Waals surface area contributed by atoms with Crippen LogP contribution in [0.25, 0.3) is 11.1 Å². The molecule has 3 aromatic rings. The van der Waals surface area contributed by atoms with Crippen LogP contribution in [-0.2, 0) is 17.8 Å². The van der Waals surface area contributed by atoms with Crippen LogP contribution >= 0.6 is 0 Å². The molecule has 1 aliphatic rings. The Kier molecular flexibility index (Phi) is 7.05. The van der Waals surface area contributed by atoms with Crippen molar-refractivity contribution in [2.24, 2.45) is 5.92 Å². The summed E-state index contributed by atoms with van der Waals surface area (Å²) in [5.74, 6) is 0.204. The van der Waals surface area contributed by atoms with Gasteiger partial charge in [0.1, 0.15) is 0 Å². The van der Waals surface area contributed by atoms with Crippen molar-refractivity contribution in [3.63, 3.8) is 0 Å². The molecule has 160 valence electrons. The maximum atomic E-state index is 13.5. The summed E-state index contributed by atoms with van der Waals surface area (Å²) in [7, 11) is 0. The van der Waals surface area contributed by atoms with Gasteiger partial charge in [0, 0.05) is 51.3 Å². The summed E-state index contributed by atoms with van der Waals surface area (Å²) in [6, 6.07) is 18.5. The summed E-state index contributed by atoms with van der Waals surface area (Å²) >= 11 is 0. The van der Waals surface area contributed by atoms with Gasteiger partial charge in [-0.05, 0) is 53.8 Å². The summed E-state index contributed by atoms with van der Waals surface area (Å²) in [4.78, 5) is 26.5. The highest BCUT2D eigenvalue weighted by atomic mass is 16.2. The van der Waals surface area contributed by atoms with Gasteiger partial charge in [-0.3, -0.25) is 19.7 Å². The second-order valence-electron chi connectivity index (χ2n) is 8.18. The number of nitrogens with zero attached hydrogens (tertiary/aromatic N) is 4. The van der Waals surface area contributed by atoms with Gasteiger partial charge >= 0.3 is 0 Å². The molecule has 1 fully saturated rings. The quantitative estimate of drug-likeness (QED) is 0.585. The third-order valence-electron chi connectivity index (χ3n) is 5.91. The molecule has 1 atom stereocenters. The number of pyridine rings is 2. The molecule has 5 heteroatoms. The first-order valence-electron chi connectivity index (χ1n) is 11.1. The van der Waals surface area contributed by atoms with Crippen LogP contribution in [0.5, 0.6) is 0 Å². The first-order chi connectivity index (χ1) is 15.2. The Morgan fingerprint density at radius 2 is 1.77 bits per heavy atom.